The highest BCUT2D eigenvalue weighted by atomic mass is 19.4. The second kappa shape index (κ2) is 7.16. The zero-order valence-corrected chi connectivity index (χ0v) is 14.1. The summed E-state index contributed by atoms with van der Waals surface area (Å²) >= 11 is 0. The molecule has 0 aliphatic carbocycles. The molecule has 0 atom stereocenters. The van der Waals surface area contributed by atoms with Gasteiger partial charge in [0.2, 0.25) is 0 Å². The van der Waals surface area contributed by atoms with Gasteiger partial charge in [0.15, 0.2) is 6.29 Å². The van der Waals surface area contributed by atoms with Crippen LogP contribution in [-0.4, -0.2) is 11.4 Å². The van der Waals surface area contributed by atoms with Crippen molar-refractivity contribution in [2.75, 3.05) is 0 Å². The van der Waals surface area contributed by atoms with Crippen molar-refractivity contribution in [2.45, 2.75) is 6.18 Å². The van der Waals surface area contributed by atoms with Crippen LogP contribution in [0.5, 0.6) is 5.75 Å². The van der Waals surface area contributed by atoms with E-state index in [-0.39, 0.29) is 39.1 Å². The minimum Gasteiger partial charge on any atom is -0.508 e. The molecule has 7 heteroatoms. The second-order valence-electron chi connectivity index (χ2n) is 5.95. The van der Waals surface area contributed by atoms with Gasteiger partial charge in [-0.1, -0.05) is 12.1 Å². The third-order valence-electron chi connectivity index (χ3n) is 4.18. The van der Waals surface area contributed by atoms with Crippen molar-refractivity contribution in [3.05, 3.63) is 77.1 Å². The number of carbonyl (C=O) groups excluding carboxylic acids is 1. The standard InChI is InChI=1S/C21H11F4NO2/c22-16-4-1-13(11-27)19(9-16)20-14(10-26)7-15(21(23,24)25)8-18(20)12-2-5-17(28)6-3-12/h1-9,11,28H. The maximum atomic E-state index is 13.8. The third kappa shape index (κ3) is 3.58. The van der Waals surface area contributed by atoms with Gasteiger partial charge < -0.3 is 5.11 Å². The predicted molar refractivity (Wildman–Crippen MR) is 94.0 cm³/mol. The summed E-state index contributed by atoms with van der Waals surface area (Å²) in [5.74, 6) is -0.807. The number of phenolic OH excluding ortho intramolecular Hbond substituents is 1. The number of alkyl halides is 3. The average Bonchev–Trinajstić information content (AvgIpc) is 2.66. The number of carbonyl (C=O) groups is 1. The Morgan fingerprint density at radius 3 is 2.21 bits per heavy atom. The number of aromatic hydroxyl groups is 1. The summed E-state index contributed by atoms with van der Waals surface area (Å²) in [6, 6.07) is 11.7. The van der Waals surface area contributed by atoms with Gasteiger partial charge in [-0.25, -0.2) is 4.39 Å². The van der Waals surface area contributed by atoms with Crippen molar-refractivity contribution in [1.82, 2.24) is 0 Å². The number of halogens is 4. The van der Waals surface area contributed by atoms with Gasteiger partial charge in [-0.05, 0) is 59.2 Å². The average molecular weight is 385 g/mol. The van der Waals surface area contributed by atoms with E-state index in [1.165, 1.54) is 30.3 Å². The Balaban J connectivity index is 2.45. The molecule has 0 radical (unpaired) electrons. The molecule has 3 nitrogen and oxygen atoms in total. The lowest BCUT2D eigenvalue weighted by atomic mass is 9.87. The van der Waals surface area contributed by atoms with Crippen LogP contribution >= 0.6 is 0 Å². The van der Waals surface area contributed by atoms with Crippen LogP contribution in [0.1, 0.15) is 21.5 Å². The SMILES string of the molecule is N#Cc1cc(C(F)(F)F)cc(-c2ccc(O)cc2)c1-c1cc(F)ccc1C=O. The van der Waals surface area contributed by atoms with Crippen molar-refractivity contribution in [3.63, 3.8) is 0 Å². The van der Waals surface area contributed by atoms with Crippen LogP contribution in [-0.2, 0) is 6.18 Å². The normalized spacial score (nSPS) is 11.1. The lowest BCUT2D eigenvalue weighted by molar-refractivity contribution is -0.137. The Morgan fingerprint density at radius 2 is 1.64 bits per heavy atom. The van der Waals surface area contributed by atoms with Crippen molar-refractivity contribution < 1.29 is 27.5 Å². The van der Waals surface area contributed by atoms with E-state index in [0.717, 1.165) is 18.2 Å². The first-order valence-electron chi connectivity index (χ1n) is 7.94. The van der Waals surface area contributed by atoms with Gasteiger partial charge in [0.25, 0.3) is 0 Å². The van der Waals surface area contributed by atoms with Gasteiger partial charge in [0.1, 0.15) is 11.6 Å². The summed E-state index contributed by atoms with van der Waals surface area (Å²) in [5.41, 5.74) is -1.13. The number of hydrogen-bond acceptors (Lipinski definition) is 3. The fourth-order valence-corrected chi connectivity index (χ4v) is 2.90. The zero-order chi connectivity index (χ0) is 20.5. The molecule has 0 bridgehead atoms. The fourth-order valence-electron chi connectivity index (χ4n) is 2.90. The highest BCUT2D eigenvalue weighted by Gasteiger charge is 2.33. The van der Waals surface area contributed by atoms with Crippen molar-refractivity contribution in [2.24, 2.45) is 0 Å². The topological polar surface area (TPSA) is 61.1 Å². The van der Waals surface area contributed by atoms with Crippen LogP contribution in [0.15, 0.2) is 54.6 Å². The van der Waals surface area contributed by atoms with E-state index in [1.54, 1.807) is 6.07 Å². The molecule has 0 aliphatic heterocycles. The van der Waals surface area contributed by atoms with Crippen LogP contribution in [0, 0.1) is 17.1 Å². The van der Waals surface area contributed by atoms with Crippen LogP contribution in [0.3, 0.4) is 0 Å². The van der Waals surface area contributed by atoms with E-state index in [0.29, 0.717) is 12.4 Å². The van der Waals surface area contributed by atoms with Crippen LogP contribution < -0.4 is 0 Å². The van der Waals surface area contributed by atoms with E-state index < -0.39 is 17.6 Å². The molecule has 3 rings (SSSR count). The Morgan fingerprint density at radius 1 is 0.964 bits per heavy atom. The summed E-state index contributed by atoms with van der Waals surface area (Å²) < 4.78 is 53.9. The maximum absolute atomic E-state index is 13.8. The molecule has 0 heterocycles. The first kappa shape index (κ1) is 19.1. The molecular weight excluding hydrogens is 374 g/mol. The summed E-state index contributed by atoms with van der Waals surface area (Å²) in [6.07, 6.45) is -4.28. The fraction of sp³-hybridized carbons (Fsp3) is 0.0476. The molecule has 3 aromatic carbocycles. The van der Waals surface area contributed by atoms with Gasteiger partial charge in [0, 0.05) is 11.1 Å². The Kier molecular flexibility index (Phi) is 4.89. The monoisotopic (exact) mass is 385 g/mol. The van der Waals surface area contributed by atoms with E-state index in [4.69, 9.17) is 0 Å². The van der Waals surface area contributed by atoms with Gasteiger partial charge >= 0.3 is 6.18 Å². The van der Waals surface area contributed by atoms with Crippen molar-refractivity contribution in [3.8, 4) is 34.1 Å². The van der Waals surface area contributed by atoms with Crippen LogP contribution in [0.25, 0.3) is 22.3 Å². The molecule has 140 valence electrons. The molecular formula is C21H11F4NO2. The minimum absolute atomic E-state index is 0.00258. The first-order chi connectivity index (χ1) is 13.2. The summed E-state index contributed by atoms with van der Waals surface area (Å²) in [7, 11) is 0. The van der Waals surface area contributed by atoms with Crippen LogP contribution in [0.4, 0.5) is 17.6 Å². The molecule has 0 saturated heterocycles. The second-order valence-corrected chi connectivity index (χ2v) is 5.95. The van der Waals surface area contributed by atoms with Crippen molar-refractivity contribution >= 4 is 6.29 Å². The lowest BCUT2D eigenvalue weighted by Gasteiger charge is -2.17. The Bertz CT molecular complexity index is 1100. The van der Waals surface area contributed by atoms with E-state index in [1.807, 2.05) is 0 Å². The number of hydrogen-bond donors (Lipinski definition) is 1. The maximum Gasteiger partial charge on any atom is 0.416 e. The number of aldehydes is 1. The molecule has 0 spiro atoms. The Labute approximate surface area is 157 Å². The quantitative estimate of drug-likeness (QED) is 0.474. The number of rotatable bonds is 3. The summed E-state index contributed by atoms with van der Waals surface area (Å²) in [4.78, 5) is 11.4. The largest absolute Gasteiger partial charge is 0.508 e. The van der Waals surface area contributed by atoms with Gasteiger partial charge in [0.05, 0.1) is 17.2 Å². The molecule has 0 unspecified atom stereocenters. The number of nitrogens with zero attached hydrogens (tertiary/aromatic N) is 1. The van der Waals surface area contributed by atoms with E-state index in [9.17, 15) is 32.7 Å². The van der Waals surface area contributed by atoms with E-state index >= 15 is 0 Å². The van der Waals surface area contributed by atoms with Crippen LogP contribution in [0.2, 0.25) is 0 Å². The molecule has 0 aromatic heterocycles. The molecule has 28 heavy (non-hydrogen) atoms. The zero-order valence-electron chi connectivity index (χ0n) is 14.1. The smallest absolute Gasteiger partial charge is 0.416 e. The highest BCUT2D eigenvalue weighted by molar-refractivity contribution is 5.95. The lowest BCUT2D eigenvalue weighted by Crippen LogP contribution is -2.07. The molecule has 0 saturated carbocycles. The predicted octanol–water partition coefficient (Wildman–Crippen LogP) is 5.57. The molecule has 0 aliphatic rings. The van der Waals surface area contributed by atoms with Gasteiger partial charge in [-0.15, -0.1) is 0 Å². The number of benzene rings is 3. The molecule has 0 amide bonds. The van der Waals surface area contributed by atoms with Gasteiger partial charge in [-0.2, -0.15) is 18.4 Å². The molecule has 3 aromatic rings. The van der Waals surface area contributed by atoms with Gasteiger partial charge in [-0.3, -0.25) is 4.79 Å². The third-order valence-corrected chi connectivity index (χ3v) is 4.18. The Hall–Kier alpha value is -3.66. The summed E-state index contributed by atoms with van der Waals surface area (Å²) in [5, 5.41) is 18.9. The number of nitriles is 1. The summed E-state index contributed by atoms with van der Waals surface area (Å²) in [6.45, 7) is 0. The molecule has 0 fully saturated rings. The number of phenols is 1. The van der Waals surface area contributed by atoms with E-state index in [2.05, 4.69) is 0 Å². The first-order valence-corrected chi connectivity index (χ1v) is 7.94. The highest BCUT2D eigenvalue weighted by Crippen LogP contribution is 2.41. The van der Waals surface area contributed by atoms with Crippen molar-refractivity contribution in [1.29, 1.82) is 5.26 Å². The molecule has 1 N–H and O–H groups in total. The minimum atomic E-state index is -4.72.